The van der Waals surface area contributed by atoms with Crippen LogP contribution in [0.1, 0.15) is 32.1 Å². The normalized spacial score (nSPS) is 13.6. The van der Waals surface area contributed by atoms with Gasteiger partial charge in [0.15, 0.2) is 0 Å². The van der Waals surface area contributed by atoms with Crippen LogP contribution in [-0.4, -0.2) is 25.0 Å². The standard InChI is InChI=1S/C17H26N2O/c1-12(2)13(3)19(5)11-15-14-8-6-7-9-16(14)20-17(15)10-18-4/h6-9,12-13,18H,10-11H2,1-5H3. The van der Waals surface area contributed by atoms with Gasteiger partial charge < -0.3 is 9.73 Å². The third-order valence-corrected chi connectivity index (χ3v) is 4.19. The van der Waals surface area contributed by atoms with E-state index in [-0.39, 0.29) is 0 Å². The predicted octanol–water partition coefficient (Wildman–Crippen LogP) is 3.63. The Morgan fingerprint density at radius 1 is 1.20 bits per heavy atom. The molecule has 110 valence electrons. The molecule has 1 N–H and O–H groups in total. The van der Waals surface area contributed by atoms with Gasteiger partial charge in [0.2, 0.25) is 0 Å². The van der Waals surface area contributed by atoms with Crippen LogP contribution >= 0.6 is 0 Å². The number of benzene rings is 1. The van der Waals surface area contributed by atoms with Gasteiger partial charge in [-0.25, -0.2) is 0 Å². The van der Waals surface area contributed by atoms with Gasteiger partial charge in [-0.1, -0.05) is 32.0 Å². The SMILES string of the molecule is CNCc1oc2ccccc2c1CN(C)C(C)C(C)C. The second-order valence-corrected chi connectivity index (χ2v) is 5.93. The molecule has 3 heteroatoms. The maximum atomic E-state index is 5.99. The molecule has 20 heavy (non-hydrogen) atoms. The molecular formula is C17H26N2O. The molecule has 0 spiro atoms. The second kappa shape index (κ2) is 6.42. The number of para-hydroxylation sites is 1. The fraction of sp³-hybridized carbons (Fsp3) is 0.529. The van der Waals surface area contributed by atoms with E-state index in [1.165, 1.54) is 10.9 Å². The van der Waals surface area contributed by atoms with E-state index in [0.717, 1.165) is 24.4 Å². The Labute approximate surface area is 122 Å². The first-order valence-electron chi connectivity index (χ1n) is 7.38. The van der Waals surface area contributed by atoms with Gasteiger partial charge in [-0.15, -0.1) is 0 Å². The largest absolute Gasteiger partial charge is 0.459 e. The fourth-order valence-electron chi connectivity index (χ4n) is 2.53. The summed E-state index contributed by atoms with van der Waals surface area (Å²) in [5.74, 6) is 1.70. The van der Waals surface area contributed by atoms with Gasteiger partial charge in [-0.05, 0) is 33.0 Å². The van der Waals surface area contributed by atoms with Gasteiger partial charge >= 0.3 is 0 Å². The first-order chi connectivity index (χ1) is 9.54. The van der Waals surface area contributed by atoms with Crippen LogP contribution in [0.5, 0.6) is 0 Å². The second-order valence-electron chi connectivity index (χ2n) is 5.93. The third kappa shape index (κ3) is 3.05. The van der Waals surface area contributed by atoms with Gasteiger partial charge in [-0.3, -0.25) is 4.90 Å². The van der Waals surface area contributed by atoms with Gasteiger partial charge in [0.05, 0.1) is 6.54 Å². The summed E-state index contributed by atoms with van der Waals surface area (Å²) >= 11 is 0. The zero-order valence-corrected chi connectivity index (χ0v) is 13.2. The van der Waals surface area contributed by atoms with Crippen molar-refractivity contribution in [2.75, 3.05) is 14.1 Å². The minimum Gasteiger partial charge on any atom is -0.459 e. The zero-order valence-electron chi connectivity index (χ0n) is 13.2. The average Bonchev–Trinajstić information content (AvgIpc) is 2.76. The quantitative estimate of drug-likeness (QED) is 0.872. The van der Waals surface area contributed by atoms with Crippen molar-refractivity contribution in [3.05, 3.63) is 35.6 Å². The number of furan rings is 1. The Morgan fingerprint density at radius 3 is 2.55 bits per heavy atom. The molecule has 0 amide bonds. The van der Waals surface area contributed by atoms with Gasteiger partial charge in [-0.2, -0.15) is 0 Å². The molecule has 2 rings (SSSR count). The van der Waals surface area contributed by atoms with Crippen LogP contribution in [0, 0.1) is 5.92 Å². The van der Waals surface area contributed by atoms with Crippen LogP contribution in [-0.2, 0) is 13.1 Å². The fourth-order valence-corrected chi connectivity index (χ4v) is 2.53. The molecular weight excluding hydrogens is 248 g/mol. The highest BCUT2D eigenvalue weighted by Crippen LogP contribution is 2.27. The molecule has 1 atom stereocenters. The lowest BCUT2D eigenvalue weighted by Crippen LogP contribution is -2.33. The Balaban J connectivity index is 2.33. The molecule has 1 heterocycles. The molecule has 0 radical (unpaired) electrons. The van der Waals surface area contributed by atoms with E-state index < -0.39 is 0 Å². The maximum Gasteiger partial charge on any atom is 0.134 e. The Bertz CT molecular complexity index is 559. The lowest BCUT2D eigenvalue weighted by molar-refractivity contribution is 0.199. The number of rotatable bonds is 6. The van der Waals surface area contributed by atoms with E-state index in [1.54, 1.807) is 0 Å². The van der Waals surface area contributed by atoms with E-state index in [2.05, 4.69) is 50.2 Å². The topological polar surface area (TPSA) is 28.4 Å². The zero-order chi connectivity index (χ0) is 14.7. The number of hydrogen-bond donors (Lipinski definition) is 1. The highest BCUT2D eigenvalue weighted by atomic mass is 16.3. The molecule has 1 unspecified atom stereocenters. The first kappa shape index (κ1) is 15.1. The number of hydrogen-bond acceptors (Lipinski definition) is 3. The van der Waals surface area contributed by atoms with Crippen molar-refractivity contribution in [3.63, 3.8) is 0 Å². The van der Waals surface area contributed by atoms with E-state index >= 15 is 0 Å². The first-order valence-corrected chi connectivity index (χ1v) is 7.38. The van der Waals surface area contributed by atoms with Crippen LogP contribution in [0.2, 0.25) is 0 Å². The summed E-state index contributed by atoms with van der Waals surface area (Å²) in [6.07, 6.45) is 0. The number of fused-ring (bicyclic) bond motifs is 1. The summed E-state index contributed by atoms with van der Waals surface area (Å²) in [4.78, 5) is 2.40. The molecule has 2 aromatic rings. The summed E-state index contributed by atoms with van der Waals surface area (Å²) < 4.78 is 5.99. The van der Waals surface area contributed by atoms with E-state index in [1.807, 2.05) is 19.2 Å². The van der Waals surface area contributed by atoms with E-state index in [9.17, 15) is 0 Å². The Hall–Kier alpha value is -1.32. The Kier molecular flexibility index (Phi) is 4.84. The van der Waals surface area contributed by atoms with Gasteiger partial charge in [0.25, 0.3) is 0 Å². The summed E-state index contributed by atoms with van der Waals surface area (Å²) in [6, 6.07) is 8.85. The molecule has 0 fully saturated rings. The molecule has 3 nitrogen and oxygen atoms in total. The summed E-state index contributed by atoms with van der Waals surface area (Å²) in [6.45, 7) is 8.51. The minimum absolute atomic E-state index is 0.547. The molecule has 0 aliphatic heterocycles. The van der Waals surface area contributed by atoms with Crippen LogP contribution in [0.15, 0.2) is 28.7 Å². The van der Waals surface area contributed by atoms with Gasteiger partial charge in [0.1, 0.15) is 11.3 Å². The van der Waals surface area contributed by atoms with Crippen molar-refractivity contribution in [3.8, 4) is 0 Å². The lowest BCUT2D eigenvalue weighted by Gasteiger charge is -2.27. The van der Waals surface area contributed by atoms with Crippen LogP contribution < -0.4 is 5.32 Å². The van der Waals surface area contributed by atoms with E-state index in [0.29, 0.717) is 12.0 Å². The lowest BCUT2D eigenvalue weighted by atomic mass is 10.0. The van der Waals surface area contributed by atoms with Crippen molar-refractivity contribution >= 4 is 11.0 Å². The molecule has 0 saturated carbocycles. The molecule has 0 aliphatic carbocycles. The van der Waals surface area contributed by atoms with Gasteiger partial charge in [0, 0.05) is 23.5 Å². The summed E-state index contributed by atoms with van der Waals surface area (Å²) in [5, 5.41) is 4.43. The van der Waals surface area contributed by atoms with Crippen LogP contribution in [0.4, 0.5) is 0 Å². The van der Waals surface area contributed by atoms with Crippen molar-refractivity contribution in [1.29, 1.82) is 0 Å². The molecule has 0 saturated heterocycles. The number of nitrogens with zero attached hydrogens (tertiary/aromatic N) is 1. The monoisotopic (exact) mass is 274 g/mol. The Morgan fingerprint density at radius 2 is 1.90 bits per heavy atom. The summed E-state index contributed by atoms with van der Waals surface area (Å²) in [5.41, 5.74) is 2.29. The predicted molar refractivity (Wildman–Crippen MR) is 84.7 cm³/mol. The third-order valence-electron chi connectivity index (χ3n) is 4.19. The van der Waals surface area contributed by atoms with Crippen LogP contribution in [0.25, 0.3) is 11.0 Å². The average molecular weight is 274 g/mol. The molecule has 0 aliphatic rings. The minimum atomic E-state index is 0.547. The highest BCUT2D eigenvalue weighted by molar-refractivity contribution is 5.82. The van der Waals surface area contributed by atoms with E-state index in [4.69, 9.17) is 4.42 Å². The molecule has 1 aromatic carbocycles. The van der Waals surface area contributed by atoms with Crippen molar-refractivity contribution < 1.29 is 4.42 Å². The smallest absolute Gasteiger partial charge is 0.134 e. The maximum absolute atomic E-state index is 5.99. The highest BCUT2D eigenvalue weighted by Gasteiger charge is 2.19. The van der Waals surface area contributed by atoms with Crippen molar-refractivity contribution in [1.82, 2.24) is 10.2 Å². The van der Waals surface area contributed by atoms with Crippen LogP contribution in [0.3, 0.4) is 0 Å². The van der Waals surface area contributed by atoms with Crippen molar-refractivity contribution in [2.45, 2.75) is 39.9 Å². The number of nitrogens with one attached hydrogen (secondary N) is 1. The molecule has 0 bridgehead atoms. The summed E-state index contributed by atoms with van der Waals surface area (Å²) in [7, 11) is 4.15. The molecule has 1 aromatic heterocycles. The van der Waals surface area contributed by atoms with Crippen molar-refractivity contribution in [2.24, 2.45) is 5.92 Å².